The molecule has 0 amide bonds. The summed E-state index contributed by atoms with van der Waals surface area (Å²) in [5.41, 5.74) is 0. The Balaban J connectivity index is 1.66. The first-order chi connectivity index (χ1) is 6.27. The largest absolute Gasteiger partial charge is 0.392 e. The van der Waals surface area contributed by atoms with E-state index < -0.39 is 0 Å². The molecule has 13 heavy (non-hydrogen) atoms. The Morgan fingerprint density at radius 3 is 2.54 bits per heavy atom. The minimum atomic E-state index is -0.189. The van der Waals surface area contributed by atoms with Crippen LogP contribution in [0.4, 0.5) is 0 Å². The van der Waals surface area contributed by atoms with Gasteiger partial charge < -0.3 is 15.5 Å². The van der Waals surface area contributed by atoms with E-state index in [9.17, 15) is 10.2 Å². The first-order valence-electron chi connectivity index (χ1n) is 5.37. The maximum absolute atomic E-state index is 9.59. The molecule has 0 aliphatic heterocycles. The summed E-state index contributed by atoms with van der Waals surface area (Å²) >= 11 is 0. The standard InChI is InChI=1S/C10H19NO2/c12-9-3-1-2-8(9)11-6-10(13)7-4-5-7/h7-13H,1-6H2. The molecule has 0 spiro atoms. The highest BCUT2D eigenvalue weighted by atomic mass is 16.3. The molecule has 3 unspecified atom stereocenters. The average molecular weight is 185 g/mol. The van der Waals surface area contributed by atoms with Gasteiger partial charge in [0, 0.05) is 12.6 Å². The summed E-state index contributed by atoms with van der Waals surface area (Å²) in [6, 6.07) is 0.230. The van der Waals surface area contributed by atoms with Crippen LogP contribution in [0.25, 0.3) is 0 Å². The van der Waals surface area contributed by atoms with E-state index in [1.807, 2.05) is 0 Å². The highest BCUT2D eigenvalue weighted by molar-refractivity contribution is 4.87. The highest BCUT2D eigenvalue weighted by Gasteiger charge is 2.31. The maximum atomic E-state index is 9.59. The first-order valence-corrected chi connectivity index (χ1v) is 5.37. The first kappa shape index (κ1) is 9.44. The summed E-state index contributed by atoms with van der Waals surface area (Å²) in [5.74, 6) is 0.533. The minimum absolute atomic E-state index is 0.187. The van der Waals surface area contributed by atoms with Gasteiger partial charge in [0.05, 0.1) is 12.2 Å². The summed E-state index contributed by atoms with van der Waals surface area (Å²) in [6.45, 7) is 0.659. The Morgan fingerprint density at radius 1 is 1.23 bits per heavy atom. The van der Waals surface area contributed by atoms with Crippen LogP contribution >= 0.6 is 0 Å². The van der Waals surface area contributed by atoms with Gasteiger partial charge in [0.15, 0.2) is 0 Å². The number of hydrogen-bond acceptors (Lipinski definition) is 3. The summed E-state index contributed by atoms with van der Waals surface area (Å²) in [6.07, 6.45) is 5.06. The van der Waals surface area contributed by atoms with Crippen molar-refractivity contribution in [2.75, 3.05) is 6.54 Å². The van der Waals surface area contributed by atoms with Crippen LogP contribution in [0.5, 0.6) is 0 Å². The quantitative estimate of drug-likeness (QED) is 0.589. The number of aliphatic hydroxyl groups excluding tert-OH is 2. The fourth-order valence-electron chi connectivity index (χ4n) is 2.10. The van der Waals surface area contributed by atoms with Crippen molar-refractivity contribution in [2.24, 2.45) is 5.92 Å². The van der Waals surface area contributed by atoms with E-state index in [1.54, 1.807) is 0 Å². The lowest BCUT2D eigenvalue weighted by atomic mass is 10.2. The van der Waals surface area contributed by atoms with Gasteiger partial charge in [0.25, 0.3) is 0 Å². The monoisotopic (exact) mass is 185 g/mol. The van der Waals surface area contributed by atoms with Crippen molar-refractivity contribution in [3.05, 3.63) is 0 Å². The van der Waals surface area contributed by atoms with Crippen molar-refractivity contribution in [3.63, 3.8) is 0 Å². The Kier molecular flexibility index (Phi) is 2.86. The van der Waals surface area contributed by atoms with E-state index in [0.717, 1.165) is 19.3 Å². The van der Waals surface area contributed by atoms with Gasteiger partial charge in [0.1, 0.15) is 0 Å². The normalized spacial score (nSPS) is 36.5. The molecule has 2 saturated carbocycles. The third-order valence-corrected chi connectivity index (χ3v) is 3.23. The van der Waals surface area contributed by atoms with Crippen LogP contribution in [0.3, 0.4) is 0 Å². The SMILES string of the molecule is OC(CNC1CCCC1O)C1CC1. The fraction of sp³-hybridized carbons (Fsp3) is 1.00. The molecule has 3 N–H and O–H groups in total. The van der Waals surface area contributed by atoms with Crippen molar-refractivity contribution in [2.45, 2.75) is 50.4 Å². The maximum Gasteiger partial charge on any atom is 0.0693 e. The molecule has 0 aromatic rings. The van der Waals surface area contributed by atoms with Gasteiger partial charge in [-0.05, 0) is 38.0 Å². The predicted molar refractivity (Wildman–Crippen MR) is 50.4 cm³/mol. The number of rotatable bonds is 4. The van der Waals surface area contributed by atoms with Gasteiger partial charge in [-0.15, -0.1) is 0 Å². The Morgan fingerprint density at radius 2 is 2.00 bits per heavy atom. The number of nitrogens with one attached hydrogen (secondary N) is 1. The smallest absolute Gasteiger partial charge is 0.0693 e. The molecule has 0 saturated heterocycles. The molecule has 2 aliphatic rings. The third kappa shape index (κ3) is 2.42. The summed E-state index contributed by atoms with van der Waals surface area (Å²) in [4.78, 5) is 0. The lowest BCUT2D eigenvalue weighted by Gasteiger charge is -2.18. The Bertz CT molecular complexity index is 170. The number of hydrogen-bond donors (Lipinski definition) is 3. The number of aliphatic hydroxyl groups is 2. The molecule has 2 rings (SSSR count). The van der Waals surface area contributed by atoms with Crippen LogP contribution in [-0.4, -0.2) is 35.0 Å². The van der Waals surface area contributed by atoms with Crippen LogP contribution in [0, 0.1) is 5.92 Å². The van der Waals surface area contributed by atoms with Crippen molar-refractivity contribution >= 4 is 0 Å². The molecule has 2 fully saturated rings. The van der Waals surface area contributed by atoms with Gasteiger partial charge >= 0.3 is 0 Å². The molecule has 0 heterocycles. The second kappa shape index (κ2) is 3.95. The lowest BCUT2D eigenvalue weighted by molar-refractivity contribution is 0.116. The van der Waals surface area contributed by atoms with E-state index in [-0.39, 0.29) is 18.2 Å². The second-order valence-electron chi connectivity index (χ2n) is 4.42. The lowest BCUT2D eigenvalue weighted by Crippen LogP contribution is -2.40. The molecule has 2 aliphatic carbocycles. The average Bonchev–Trinajstić information content (AvgIpc) is 2.88. The highest BCUT2D eigenvalue weighted by Crippen LogP contribution is 2.32. The molecule has 3 nitrogen and oxygen atoms in total. The van der Waals surface area contributed by atoms with E-state index in [1.165, 1.54) is 12.8 Å². The van der Waals surface area contributed by atoms with Gasteiger partial charge in [-0.1, -0.05) is 0 Å². The summed E-state index contributed by atoms with van der Waals surface area (Å²) in [5, 5.41) is 22.4. The van der Waals surface area contributed by atoms with Crippen molar-refractivity contribution < 1.29 is 10.2 Å². The van der Waals surface area contributed by atoms with Crippen LogP contribution < -0.4 is 5.32 Å². The predicted octanol–water partition coefficient (Wildman–Crippen LogP) is 0.260. The molecule has 3 heteroatoms. The van der Waals surface area contributed by atoms with E-state index in [4.69, 9.17) is 0 Å². The zero-order valence-electron chi connectivity index (χ0n) is 7.95. The molecule has 0 bridgehead atoms. The van der Waals surface area contributed by atoms with Gasteiger partial charge in [-0.3, -0.25) is 0 Å². The van der Waals surface area contributed by atoms with Crippen LogP contribution in [0.15, 0.2) is 0 Å². The molecule has 0 aromatic carbocycles. The Hall–Kier alpha value is -0.120. The fourth-order valence-corrected chi connectivity index (χ4v) is 2.10. The van der Waals surface area contributed by atoms with Gasteiger partial charge in [-0.2, -0.15) is 0 Å². The van der Waals surface area contributed by atoms with E-state index in [0.29, 0.717) is 12.5 Å². The summed E-state index contributed by atoms with van der Waals surface area (Å²) < 4.78 is 0. The van der Waals surface area contributed by atoms with Gasteiger partial charge in [-0.25, -0.2) is 0 Å². The van der Waals surface area contributed by atoms with Gasteiger partial charge in [0.2, 0.25) is 0 Å². The van der Waals surface area contributed by atoms with Crippen molar-refractivity contribution in [1.29, 1.82) is 0 Å². The second-order valence-corrected chi connectivity index (χ2v) is 4.42. The van der Waals surface area contributed by atoms with E-state index in [2.05, 4.69) is 5.32 Å². The molecule has 3 atom stereocenters. The molecule has 76 valence electrons. The van der Waals surface area contributed by atoms with E-state index >= 15 is 0 Å². The minimum Gasteiger partial charge on any atom is -0.392 e. The molecular formula is C10H19NO2. The molecule has 0 radical (unpaired) electrons. The Labute approximate surface area is 79.2 Å². The van der Waals surface area contributed by atoms with Crippen molar-refractivity contribution in [1.82, 2.24) is 5.32 Å². The topological polar surface area (TPSA) is 52.5 Å². The van der Waals surface area contributed by atoms with Crippen LogP contribution in [-0.2, 0) is 0 Å². The molecular weight excluding hydrogens is 166 g/mol. The third-order valence-electron chi connectivity index (χ3n) is 3.23. The zero-order valence-corrected chi connectivity index (χ0v) is 7.95. The molecule has 0 aromatic heterocycles. The summed E-state index contributed by atoms with van der Waals surface area (Å²) in [7, 11) is 0. The van der Waals surface area contributed by atoms with Crippen LogP contribution in [0.1, 0.15) is 32.1 Å². The zero-order chi connectivity index (χ0) is 9.26. The van der Waals surface area contributed by atoms with Crippen molar-refractivity contribution in [3.8, 4) is 0 Å². The van der Waals surface area contributed by atoms with Crippen LogP contribution in [0.2, 0.25) is 0 Å².